The summed E-state index contributed by atoms with van der Waals surface area (Å²) in [5, 5.41) is 8.86. The topological polar surface area (TPSA) is 25.8 Å². The molecule has 1 aromatic carbocycles. The lowest BCUT2D eigenvalue weighted by Gasteiger charge is -2.17. The van der Waals surface area contributed by atoms with Crippen molar-refractivity contribution >= 4 is 0 Å². The highest BCUT2D eigenvalue weighted by molar-refractivity contribution is 5.28. The standard InChI is InChI=1S/C19H26N2/c1-6-16(17-9-7-14(4)8-10-17)12-19-15(5)11-18(13(2)3)20-21-19/h7-11,13,16H,6,12H2,1-5H3/t16-/m0/s1. The van der Waals surface area contributed by atoms with E-state index in [1.165, 1.54) is 16.7 Å². The third-order valence-electron chi connectivity index (χ3n) is 4.18. The summed E-state index contributed by atoms with van der Waals surface area (Å²) in [4.78, 5) is 0. The Morgan fingerprint density at radius 1 is 1.00 bits per heavy atom. The van der Waals surface area contributed by atoms with Crippen molar-refractivity contribution in [1.29, 1.82) is 0 Å². The molecule has 0 spiro atoms. The number of hydrogen-bond acceptors (Lipinski definition) is 2. The minimum absolute atomic E-state index is 0.435. The van der Waals surface area contributed by atoms with E-state index >= 15 is 0 Å². The molecule has 0 unspecified atom stereocenters. The van der Waals surface area contributed by atoms with Crippen LogP contribution in [-0.2, 0) is 6.42 Å². The highest BCUT2D eigenvalue weighted by atomic mass is 15.1. The first-order chi connectivity index (χ1) is 10.0. The van der Waals surface area contributed by atoms with Crippen molar-refractivity contribution in [3.63, 3.8) is 0 Å². The van der Waals surface area contributed by atoms with Crippen LogP contribution >= 0.6 is 0 Å². The Kier molecular flexibility index (Phi) is 5.11. The van der Waals surface area contributed by atoms with E-state index in [-0.39, 0.29) is 0 Å². The van der Waals surface area contributed by atoms with Gasteiger partial charge in [-0.1, -0.05) is 50.6 Å². The van der Waals surface area contributed by atoms with E-state index in [1.54, 1.807) is 0 Å². The summed E-state index contributed by atoms with van der Waals surface area (Å²) in [6.45, 7) is 10.8. The van der Waals surface area contributed by atoms with Crippen LogP contribution in [0.5, 0.6) is 0 Å². The summed E-state index contributed by atoms with van der Waals surface area (Å²) in [7, 11) is 0. The first-order valence-electron chi connectivity index (χ1n) is 7.91. The smallest absolute Gasteiger partial charge is 0.0666 e. The molecule has 0 aliphatic carbocycles. The third kappa shape index (κ3) is 3.90. The van der Waals surface area contributed by atoms with Crippen LogP contribution in [0, 0.1) is 13.8 Å². The quantitative estimate of drug-likeness (QED) is 0.775. The monoisotopic (exact) mass is 282 g/mol. The molecular weight excluding hydrogens is 256 g/mol. The van der Waals surface area contributed by atoms with Gasteiger partial charge in [0, 0.05) is 0 Å². The van der Waals surface area contributed by atoms with Crippen molar-refractivity contribution in [3.8, 4) is 0 Å². The van der Waals surface area contributed by atoms with Gasteiger partial charge < -0.3 is 0 Å². The van der Waals surface area contributed by atoms with Crippen molar-refractivity contribution < 1.29 is 0 Å². The van der Waals surface area contributed by atoms with Gasteiger partial charge in [-0.2, -0.15) is 10.2 Å². The fraction of sp³-hybridized carbons (Fsp3) is 0.474. The predicted molar refractivity (Wildman–Crippen MR) is 88.8 cm³/mol. The third-order valence-corrected chi connectivity index (χ3v) is 4.18. The summed E-state index contributed by atoms with van der Waals surface area (Å²) in [5.74, 6) is 0.952. The van der Waals surface area contributed by atoms with E-state index in [9.17, 15) is 0 Å². The van der Waals surface area contributed by atoms with Gasteiger partial charge in [0.25, 0.3) is 0 Å². The zero-order chi connectivity index (χ0) is 15.4. The Morgan fingerprint density at radius 2 is 1.67 bits per heavy atom. The lowest BCUT2D eigenvalue weighted by Crippen LogP contribution is -2.08. The molecule has 2 heteroatoms. The summed E-state index contributed by atoms with van der Waals surface area (Å²) < 4.78 is 0. The summed E-state index contributed by atoms with van der Waals surface area (Å²) in [6.07, 6.45) is 2.09. The molecule has 112 valence electrons. The van der Waals surface area contributed by atoms with Crippen LogP contribution in [0.2, 0.25) is 0 Å². The number of aromatic nitrogens is 2. The molecule has 2 aromatic rings. The first-order valence-corrected chi connectivity index (χ1v) is 7.91. The van der Waals surface area contributed by atoms with Crippen molar-refractivity contribution in [2.75, 3.05) is 0 Å². The van der Waals surface area contributed by atoms with Crippen LogP contribution in [0.25, 0.3) is 0 Å². The average Bonchev–Trinajstić information content (AvgIpc) is 2.47. The van der Waals surface area contributed by atoms with Crippen LogP contribution in [0.15, 0.2) is 30.3 Å². The van der Waals surface area contributed by atoms with E-state index < -0.39 is 0 Å². The lowest BCUT2D eigenvalue weighted by atomic mass is 9.90. The summed E-state index contributed by atoms with van der Waals surface area (Å²) in [5.41, 5.74) is 6.19. The second kappa shape index (κ2) is 6.84. The Labute approximate surface area is 128 Å². The maximum atomic E-state index is 4.48. The minimum atomic E-state index is 0.435. The molecule has 0 aliphatic rings. The molecule has 1 heterocycles. The molecule has 0 radical (unpaired) electrons. The maximum absolute atomic E-state index is 4.48. The molecule has 1 aromatic heterocycles. The molecule has 0 N–H and O–H groups in total. The number of rotatable bonds is 5. The summed E-state index contributed by atoms with van der Waals surface area (Å²) in [6, 6.07) is 11.1. The maximum Gasteiger partial charge on any atom is 0.0666 e. The van der Waals surface area contributed by atoms with Gasteiger partial charge in [0.2, 0.25) is 0 Å². The molecule has 0 aliphatic heterocycles. The Balaban J connectivity index is 2.20. The molecular formula is C19H26N2. The molecule has 0 bridgehead atoms. The predicted octanol–water partition coefficient (Wildman–Crippen LogP) is 4.95. The molecule has 2 nitrogen and oxygen atoms in total. The van der Waals surface area contributed by atoms with Crippen molar-refractivity contribution in [1.82, 2.24) is 10.2 Å². The van der Waals surface area contributed by atoms with Crippen molar-refractivity contribution in [3.05, 3.63) is 58.4 Å². The average molecular weight is 282 g/mol. The van der Waals surface area contributed by atoms with Gasteiger partial charge in [-0.05, 0) is 55.7 Å². The molecule has 0 amide bonds. The normalized spacial score (nSPS) is 12.7. The molecule has 1 atom stereocenters. The first kappa shape index (κ1) is 15.7. The zero-order valence-electron chi connectivity index (χ0n) is 13.9. The van der Waals surface area contributed by atoms with E-state index in [0.29, 0.717) is 11.8 Å². The Morgan fingerprint density at radius 3 is 2.19 bits per heavy atom. The number of hydrogen-bond donors (Lipinski definition) is 0. The van der Waals surface area contributed by atoms with Gasteiger partial charge in [0.05, 0.1) is 11.4 Å². The van der Waals surface area contributed by atoms with Crippen molar-refractivity contribution in [2.24, 2.45) is 0 Å². The largest absolute Gasteiger partial charge is 0.155 e. The number of benzene rings is 1. The minimum Gasteiger partial charge on any atom is -0.155 e. The van der Waals surface area contributed by atoms with Gasteiger partial charge in [0.15, 0.2) is 0 Å². The Hall–Kier alpha value is -1.70. The fourth-order valence-electron chi connectivity index (χ4n) is 2.58. The highest BCUT2D eigenvalue weighted by Crippen LogP contribution is 2.25. The second-order valence-corrected chi connectivity index (χ2v) is 6.27. The van der Waals surface area contributed by atoms with Crippen LogP contribution < -0.4 is 0 Å². The SMILES string of the molecule is CC[C@@H](Cc1nnc(C(C)C)cc1C)c1ccc(C)cc1. The fourth-order valence-corrected chi connectivity index (χ4v) is 2.58. The molecule has 0 saturated heterocycles. The highest BCUT2D eigenvalue weighted by Gasteiger charge is 2.14. The summed E-state index contributed by atoms with van der Waals surface area (Å²) >= 11 is 0. The van der Waals surface area contributed by atoms with Crippen LogP contribution in [-0.4, -0.2) is 10.2 Å². The van der Waals surface area contributed by atoms with Gasteiger partial charge in [-0.25, -0.2) is 0 Å². The second-order valence-electron chi connectivity index (χ2n) is 6.27. The van der Waals surface area contributed by atoms with Gasteiger partial charge in [-0.15, -0.1) is 0 Å². The van der Waals surface area contributed by atoms with Gasteiger partial charge >= 0.3 is 0 Å². The number of aryl methyl sites for hydroxylation is 2. The van der Waals surface area contributed by atoms with Crippen LogP contribution in [0.4, 0.5) is 0 Å². The molecule has 0 fully saturated rings. The molecule has 21 heavy (non-hydrogen) atoms. The van der Waals surface area contributed by atoms with E-state index in [0.717, 1.165) is 24.2 Å². The van der Waals surface area contributed by atoms with Crippen LogP contribution in [0.1, 0.15) is 67.1 Å². The molecule has 2 rings (SSSR count). The van der Waals surface area contributed by atoms with Gasteiger partial charge in [0.1, 0.15) is 0 Å². The van der Waals surface area contributed by atoms with Crippen LogP contribution in [0.3, 0.4) is 0 Å². The van der Waals surface area contributed by atoms with E-state index in [4.69, 9.17) is 0 Å². The van der Waals surface area contributed by atoms with Crippen molar-refractivity contribution in [2.45, 2.75) is 59.3 Å². The van der Waals surface area contributed by atoms with E-state index in [2.05, 4.69) is 75.1 Å². The zero-order valence-corrected chi connectivity index (χ0v) is 13.9. The van der Waals surface area contributed by atoms with Gasteiger partial charge in [-0.3, -0.25) is 0 Å². The lowest BCUT2D eigenvalue weighted by molar-refractivity contribution is 0.634. The Bertz CT molecular complexity index is 585. The molecule has 0 saturated carbocycles. The number of nitrogens with zero attached hydrogens (tertiary/aromatic N) is 2. The van der Waals surface area contributed by atoms with E-state index in [1.807, 2.05) is 0 Å².